The van der Waals surface area contributed by atoms with Crippen molar-refractivity contribution in [1.82, 2.24) is 0 Å². The summed E-state index contributed by atoms with van der Waals surface area (Å²) in [5.74, 6) is -0.859. The lowest BCUT2D eigenvalue weighted by atomic mass is 10.0. The lowest BCUT2D eigenvalue weighted by Gasteiger charge is -2.18. The summed E-state index contributed by atoms with van der Waals surface area (Å²) in [5.41, 5.74) is 0. The summed E-state index contributed by atoms with van der Waals surface area (Å²) in [5, 5.41) is 0. The van der Waals surface area contributed by atoms with Crippen LogP contribution in [-0.2, 0) is 28.6 Å². The molecule has 0 fully saturated rings. The maximum absolute atomic E-state index is 12.9. The minimum Gasteiger partial charge on any atom is -0.462 e. The Morgan fingerprint density at radius 2 is 0.493 bits per heavy atom. The fourth-order valence-electron chi connectivity index (χ4n) is 9.45. The van der Waals surface area contributed by atoms with E-state index in [0.29, 0.717) is 19.3 Å². The molecule has 0 aromatic heterocycles. The first kappa shape index (κ1) is 70.4. The lowest BCUT2D eigenvalue weighted by Crippen LogP contribution is -2.30. The summed E-state index contributed by atoms with van der Waals surface area (Å²) in [6, 6.07) is 0. The number of rotatable bonds is 59. The minimum atomic E-state index is -0.776. The van der Waals surface area contributed by atoms with Gasteiger partial charge in [0, 0.05) is 19.3 Å². The molecule has 0 rings (SSSR count). The van der Waals surface area contributed by atoms with E-state index in [1.54, 1.807) is 0 Å². The van der Waals surface area contributed by atoms with Crippen LogP contribution < -0.4 is 0 Å². The Labute approximate surface area is 454 Å². The fourth-order valence-corrected chi connectivity index (χ4v) is 9.45. The summed E-state index contributed by atoms with van der Waals surface area (Å²) in [6.07, 6.45) is 76.8. The second kappa shape index (κ2) is 61.9. The number of hydrogen-bond acceptors (Lipinski definition) is 6. The van der Waals surface area contributed by atoms with Crippen molar-refractivity contribution in [3.63, 3.8) is 0 Å². The number of hydrogen-bond donors (Lipinski definition) is 0. The quantitative estimate of drug-likeness (QED) is 0.0261. The first-order valence-electron chi connectivity index (χ1n) is 32.1. The van der Waals surface area contributed by atoms with E-state index in [0.717, 1.165) is 70.6 Å². The first-order chi connectivity index (χ1) is 36.0. The van der Waals surface area contributed by atoms with Gasteiger partial charge in [-0.25, -0.2) is 0 Å². The van der Waals surface area contributed by atoms with Gasteiger partial charge in [-0.15, -0.1) is 0 Å². The van der Waals surface area contributed by atoms with E-state index in [-0.39, 0.29) is 31.1 Å². The minimum absolute atomic E-state index is 0.0722. The number of carbonyl (C=O) groups excluding carboxylic acids is 3. The largest absolute Gasteiger partial charge is 0.462 e. The van der Waals surface area contributed by atoms with Crippen molar-refractivity contribution in [2.24, 2.45) is 0 Å². The van der Waals surface area contributed by atoms with E-state index in [1.165, 1.54) is 231 Å². The Hall–Kier alpha value is -2.63. The van der Waals surface area contributed by atoms with Crippen LogP contribution >= 0.6 is 0 Å². The SMILES string of the molecule is CCCCC/C=C\C/C=C\CCCCCCCCCCCC(=O)OCC(COC(=O)CCCCCCCCCCCCCCCCCCC)OC(=O)CCCCCCCCCCC/C=C\C/C=C\CCCCC. The standard InChI is InChI=1S/C67H122O6/c1-4-7-10-13-16-19-22-25-28-31-33-36-39-42-45-48-51-54-57-60-66(69)72-63-64(62-71-65(68)59-56-53-50-47-44-41-38-35-30-27-24-21-18-15-12-9-6-3)73-67(70)61-58-55-52-49-46-43-40-37-34-32-29-26-23-20-17-14-11-8-5-2/h16-17,19-20,25-26,28-29,64H,4-15,18,21-24,27,30-63H2,1-3H3/b19-16-,20-17-,28-25-,29-26-. The van der Waals surface area contributed by atoms with Crippen LogP contribution in [0.15, 0.2) is 48.6 Å². The summed E-state index contributed by atoms with van der Waals surface area (Å²) in [7, 11) is 0. The summed E-state index contributed by atoms with van der Waals surface area (Å²) in [6.45, 7) is 6.64. The molecule has 0 aliphatic rings. The number of esters is 3. The monoisotopic (exact) mass is 1020 g/mol. The molecule has 1 atom stereocenters. The maximum atomic E-state index is 12.9. The highest BCUT2D eigenvalue weighted by atomic mass is 16.6. The highest BCUT2D eigenvalue weighted by Gasteiger charge is 2.19. The van der Waals surface area contributed by atoms with Gasteiger partial charge in [0.25, 0.3) is 0 Å². The van der Waals surface area contributed by atoms with Gasteiger partial charge in [0.15, 0.2) is 6.10 Å². The first-order valence-corrected chi connectivity index (χ1v) is 32.1. The van der Waals surface area contributed by atoms with Crippen molar-refractivity contribution in [2.75, 3.05) is 13.2 Å². The second-order valence-electron chi connectivity index (χ2n) is 21.7. The number of carbonyl (C=O) groups is 3. The van der Waals surface area contributed by atoms with Gasteiger partial charge in [0.2, 0.25) is 0 Å². The van der Waals surface area contributed by atoms with Crippen molar-refractivity contribution < 1.29 is 28.6 Å². The molecule has 1 unspecified atom stereocenters. The van der Waals surface area contributed by atoms with Crippen LogP contribution in [0.1, 0.15) is 342 Å². The van der Waals surface area contributed by atoms with Gasteiger partial charge < -0.3 is 14.2 Å². The average molecular weight is 1020 g/mol. The summed E-state index contributed by atoms with van der Waals surface area (Å²) < 4.78 is 17.0. The van der Waals surface area contributed by atoms with Crippen LogP contribution in [-0.4, -0.2) is 37.2 Å². The molecule has 426 valence electrons. The molecule has 0 saturated carbocycles. The number of allylic oxidation sites excluding steroid dienone is 8. The lowest BCUT2D eigenvalue weighted by molar-refractivity contribution is -0.167. The van der Waals surface area contributed by atoms with E-state index in [4.69, 9.17) is 14.2 Å². The molecule has 0 saturated heterocycles. The Morgan fingerprint density at radius 1 is 0.274 bits per heavy atom. The molecule has 0 N–H and O–H groups in total. The van der Waals surface area contributed by atoms with Crippen LogP contribution in [0.25, 0.3) is 0 Å². The molecule has 6 nitrogen and oxygen atoms in total. The predicted molar refractivity (Wildman–Crippen MR) is 316 cm³/mol. The van der Waals surface area contributed by atoms with E-state index in [9.17, 15) is 14.4 Å². The predicted octanol–water partition coefficient (Wildman–Crippen LogP) is 21.8. The molecule has 0 aliphatic heterocycles. The molecule has 0 aromatic rings. The molecular formula is C67H122O6. The van der Waals surface area contributed by atoms with Crippen LogP contribution in [0.2, 0.25) is 0 Å². The Kier molecular flexibility index (Phi) is 59.7. The van der Waals surface area contributed by atoms with Gasteiger partial charge in [-0.2, -0.15) is 0 Å². The van der Waals surface area contributed by atoms with Crippen molar-refractivity contribution in [1.29, 1.82) is 0 Å². The molecule has 0 heterocycles. The van der Waals surface area contributed by atoms with Crippen molar-refractivity contribution in [2.45, 2.75) is 348 Å². The van der Waals surface area contributed by atoms with Crippen LogP contribution in [0.4, 0.5) is 0 Å². The van der Waals surface area contributed by atoms with Gasteiger partial charge >= 0.3 is 17.9 Å². The third kappa shape index (κ3) is 60.1. The maximum Gasteiger partial charge on any atom is 0.306 e. The summed E-state index contributed by atoms with van der Waals surface area (Å²) >= 11 is 0. The van der Waals surface area contributed by atoms with Gasteiger partial charge in [-0.05, 0) is 83.5 Å². The molecule has 0 aliphatic carbocycles. The third-order valence-electron chi connectivity index (χ3n) is 14.3. The molecule has 6 heteroatoms. The molecule has 0 spiro atoms. The normalized spacial score (nSPS) is 12.3. The molecular weight excluding hydrogens is 901 g/mol. The van der Waals surface area contributed by atoms with Crippen molar-refractivity contribution in [3.8, 4) is 0 Å². The molecule has 0 bridgehead atoms. The van der Waals surface area contributed by atoms with Crippen molar-refractivity contribution >= 4 is 17.9 Å². The Balaban J connectivity index is 4.35. The van der Waals surface area contributed by atoms with E-state index in [1.807, 2.05) is 0 Å². The van der Waals surface area contributed by atoms with Gasteiger partial charge in [-0.1, -0.05) is 288 Å². The van der Waals surface area contributed by atoms with Crippen LogP contribution in [0, 0.1) is 0 Å². The van der Waals surface area contributed by atoms with E-state index in [2.05, 4.69) is 69.4 Å². The van der Waals surface area contributed by atoms with Gasteiger partial charge in [0.05, 0.1) is 0 Å². The second-order valence-corrected chi connectivity index (χ2v) is 21.7. The summed E-state index contributed by atoms with van der Waals surface area (Å²) in [4.78, 5) is 38.3. The number of ether oxygens (including phenoxy) is 3. The number of unbranched alkanes of at least 4 members (excludes halogenated alkanes) is 40. The third-order valence-corrected chi connectivity index (χ3v) is 14.3. The Morgan fingerprint density at radius 3 is 0.781 bits per heavy atom. The average Bonchev–Trinajstić information content (AvgIpc) is 3.39. The molecule has 0 amide bonds. The zero-order chi connectivity index (χ0) is 52.9. The highest BCUT2D eigenvalue weighted by Crippen LogP contribution is 2.17. The molecule has 0 aromatic carbocycles. The van der Waals surface area contributed by atoms with E-state index < -0.39 is 6.10 Å². The zero-order valence-electron chi connectivity index (χ0n) is 48.9. The molecule has 0 radical (unpaired) electrons. The topological polar surface area (TPSA) is 78.9 Å². The van der Waals surface area contributed by atoms with Crippen LogP contribution in [0.5, 0.6) is 0 Å². The van der Waals surface area contributed by atoms with Gasteiger partial charge in [0.1, 0.15) is 13.2 Å². The van der Waals surface area contributed by atoms with Crippen molar-refractivity contribution in [3.05, 3.63) is 48.6 Å². The zero-order valence-corrected chi connectivity index (χ0v) is 48.9. The molecule has 73 heavy (non-hydrogen) atoms. The highest BCUT2D eigenvalue weighted by molar-refractivity contribution is 5.71. The smallest absolute Gasteiger partial charge is 0.306 e. The van der Waals surface area contributed by atoms with Gasteiger partial charge in [-0.3, -0.25) is 14.4 Å². The van der Waals surface area contributed by atoms with E-state index >= 15 is 0 Å². The fraction of sp³-hybridized carbons (Fsp3) is 0.836. The van der Waals surface area contributed by atoms with Crippen LogP contribution in [0.3, 0.4) is 0 Å². The Bertz CT molecular complexity index is 1270.